The van der Waals surface area contributed by atoms with Crippen LogP contribution >= 0.6 is 0 Å². The lowest BCUT2D eigenvalue weighted by Crippen LogP contribution is -2.09. The number of allylic oxidation sites excluding steroid dienone is 1. The van der Waals surface area contributed by atoms with E-state index in [0.29, 0.717) is 51.2 Å². The van der Waals surface area contributed by atoms with E-state index in [4.69, 9.17) is 28.4 Å². The molecule has 0 radical (unpaired) electrons. The monoisotopic (exact) mass is 475 g/mol. The third-order valence-electron chi connectivity index (χ3n) is 5.10. The van der Waals surface area contributed by atoms with Crippen LogP contribution in [0.3, 0.4) is 0 Å². The summed E-state index contributed by atoms with van der Waals surface area (Å²) in [5, 5.41) is 9.73. The van der Waals surface area contributed by atoms with E-state index in [1.54, 1.807) is 55.7 Å². The molecule has 0 atom stereocenters. The summed E-state index contributed by atoms with van der Waals surface area (Å²) >= 11 is 0. The van der Waals surface area contributed by atoms with Gasteiger partial charge in [0.2, 0.25) is 5.75 Å². The average Bonchev–Trinajstić information content (AvgIpc) is 2.90. The molecule has 0 spiro atoms. The summed E-state index contributed by atoms with van der Waals surface area (Å²) in [6, 6.07) is 17.3. The van der Waals surface area contributed by atoms with Gasteiger partial charge < -0.3 is 28.4 Å². The smallest absolute Gasteiger partial charge is 0.343 e. The molecule has 180 valence electrons. The molecule has 0 bridgehead atoms. The van der Waals surface area contributed by atoms with Crippen molar-refractivity contribution in [3.63, 3.8) is 0 Å². The fourth-order valence-corrected chi connectivity index (χ4v) is 3.38. The molecule has 0 aliphatic rings. The zero-order valence-electron chi connectivity index (χ0n) is 20.1. The van der Waals surface area contributed by atoms with E-state index in [1.807, 2.05) is 0 Å². The average molecular weight is 475 g/mol. The van der Waals surface area contributed by atoms with Crippen LogP contribution in [0, 0.1) is 11.3 Å². The number of carbonyl (C=O) groups excluding carboxylic acids is 1. The highest BCUT2D eigenvalue weighted by Gasteiger charge is 2.18. The Morgan fingerprint density at radius 1 is 0.743 bits per heavy atom. The Balaban J connectivity index is 1.89. The normalized spacial score (nSPS) is 10.7. The Labute approximate surface area is 203 Å². The first kappa shape index (κ1) is 25.0. The third-order valence-corrected chi connectivity index (χ3v) is 5.10. The van der Waals surface area contributed by atoms with Crippen LogP contribution in [-0.4, -0.2) is 41.5 Å². The molecule has 0 aliphatic heterocycles. The maximum atomic E-state index is 12.8. The molecule has 0 N–H and O–H groups in total. The van der Waals surface area contributed by atoms with Gasteiger partial charge in [0.1, 0.15) is 5.75 Å². The third kappa shape index (κ3) is 5.65. The van der Waals surface area contributed by atoms with E-state index in [0.717, 1.165) is 0 Å². The van der Waals surface area contributed by atoms with Crippen LogP contribution in [0.5, 0.6) is 34.5 Å². The molecule has 0 heterocycles. The van der Waals surface area contributed by atoms with Gasteiger partial charge in [0.25, 0.3) is 0 Å². The Kier molecular flexibility index (Phi) is 8.20. The molecule has 8 nitrogen and oxygen atoms in total. The van der Waals surface area contributed by atoms with Gasteiger partial charge in [0.05, 0.1) is 52.8 Å². The molecule has 0 unspecified atom stereocenters. The molecule has 0 amide bonds. The quantitative estimate of drug-likeness (QED) is 0.184. The number of nitriles is 1. The van der Waals surface area contributed by atoms with Gasteiger partial charge in [-0.25, -0.2) is 4.79 Å². The largest absolute Gasteiger partial charge is 0.493 e. The highest BCUT2D eigenvalue weighted by Crippen LogP contribution is 2.38. The Morgan fingerprint density at radius 2 is 1.37 bits per heavy atom. The van der Waals surface area contributed by atoms with Crippen LogP contribution in [0.4, 0.5) is 0 Å². The van der Waals surface area contributed by atoms with Gasteiger partial charge in [0.15, 0.2) is 23.0 Å². The molecule has 35 heavy (non-hydrogen) atoms. The molecule has 3 aromatic carbocycles. The number of carbonyl (C=O) groups is 1. The van der Waals surface area contributed by atoms with Gasteiger partial charge in [-0.3, -0.25) is 0 Å². The molecule has 0 saturated heterocycles. The van der Waals surface area contributed by atoms with Crippen molar-refractivity contribution in [1.82, 2.24) is 0 Å². The van der Waals surface area contributed by atoms with Gasteiger partial charge in [-0.15, -0.1) is 0 Å². The predicted molar refractivity (Wildman–Crippen MR) is 131 cm³/mol. The lowest BCUT2D eigenvalue weighted by atomic mass is 10.0. The van der Waals surface area contributed by atoms with Crippen molar-refractivity contribution in [3.8, 4) is 40.6 Å². The van der Waals surface area contributed by atoms with E-state index in [9.17, 15) is 10.1 Å². The van der Waals surface area contributed by atoms with Crippen molar-refractivity contribution in [2.24, 2.45) is 0 Å². The number of ether oxygens (including phenoxy) is 6. The summed E-state index contributed by atoms with van der Waals surface area (Å²) < 4.78 is 32.0. The second kappa shape index (κ2) is 11.5. The number of esters is 1. The van der Waals surface area contributed by atoms with E-state index in [1.165, 1.54) is 40.6 Å². The Hall–Kier alpha value is -4.64. The van der Waals surface area contributed by atoms with Gasteiger partial charge in [-0.05, 0) is 59.7 Å². The molecule has 0 aliphatic carbocycles. The van der Waals surface area contributed by atoms with E-state index in [2.05, 4.69) is 6.07 Å². The second-order valence-electron chi connectivity index (χ2n) is 7.12. The van der Waals surface area contributed by atoms with Crippen molar-refractivity contribution < 1.29 is 33.2 Å². The predicted octanol–water partition coefficient (Wildman–Crippen LogP) is 5.01. The number of nitrogens with zero attached hydrogens (tertiary/aromatic N) is 1. The number of benzene rings is 3. The van der Waals surface area contributed by atoms with E-state index >= 15 is 0 Å². The maximum absolute atomic E-state index is 12.8. The molecule has 0 aromatic heterocycles. The highest BCUT2D eigenvalue weighted by atomic mass is 16.5. The van der Waals surface area contributed by atoms with Crippen LogP contribution in [0.2, 0.25) is 0 Å². The Morgan fingerprint density at radius 3 is 1.94 bits per heavy atom. The van der Waals surface area contributed by atoms with E-state index < -0.39 is 5.97 Å². The number of hydrogen-bond acceptors (Lipinski definition) is 8. The first-order chi connectivity index (χ1) is 17.0. The van der Waals surface area contributed by atoms with Crippen LogP contribution in [0.25, 0.3) is 11.6 Å². The minimum atomic E-state index is -0.606. The van der Waals surface area contributed by atoms with Gasteiger partial charge in [-0.1, -0.05) is 12.1 Å². The number of rotatable bonds is 9. The van der Waals surface area contributed by atoms with Crippen molar-refractivity contribution >= 4 is 17.6 Å². The summed E-state index contributed by atoms with van der Waals surface area (Å²) in [6.45, 7) is 0. The van der Waals surface area contributed by atoms with Crippen LogP contribution in [-0.2, 0) is 0 Å². The van der Waals surface area contributed by atoms with Crippen molar-refractivity contribution in [2.75, 3.05) is 35.5 Å². The minimum Gasteiger partial charge on any atom is -0.493 e. The fourth-order valence-electron chi connectivity index (χ4n) is 3.38. The zero-order chi connectivity index (χ0) is 25.4. The minimum absolute atomic E-state index is 0.225. The fraction of sp³-hybridized carbons (Fsp3) is 0.185. The summed E-state index contributed by atoms with van der Waals surface area (Å²) in [7, 11) is 7.49. The van der Waals surface area contributed by atoms with Crippen molar-refractivity contribution in [1.29, 1.82) is 5.26 Å². The first-order valence-electron chi connectivity index (χ1n) is 10.4. The number of methoxy groups -OCH3 is 5. The van der Waals surface area contributed by atoms with Crippen LogP contribution in [0.15, 0.2) is 54.6 Å². The topological polar surface area (TPSA) is 96.2 Å². The van der Waals surface area contributed by atoms with Gasteiger partial charge in [-0.2, -0.15) is 5.26 Å². The molecule has 8 heteroatoms. The molecule has 0 fully saturated rings. The lowest BCUT2D eigenvalue weighted by molar-refractivity contribution is 0.0734. The van der Waals surface area contributed by atoms with Crippen molar-refractivity contribution in [2.45, 2.75) is 0 Å². The van der Waals surface area contributed by atoms with E-state index in [-0.39, 0.29) is 5.56 Å². The standard InChI is InChI=1S/C27H25NO7/c1-30-22-10-9-18(13-23(22)31-2)20(16-28)11-17-7-6-8-21(12-17)35-27(29)19-14-24(32-3)26(34-5)25(15-19)33-4/h6-15H,1-5H3/b20-11-. The van der Waals surface area contributed by atoms with Crippen molar-refractivity contribution in [3.05, 3.63) is 71.3 Å². The maximum Gasteiger partial charge on any atom is 0.343 e. The SMILES string of the molecule is COc1ccc(/C(C#N)=C\c2cccc(OC(=O)c3cc(OC)c(OC)c(OC)c3)c2)cc1OC. The molecular weight excluding hydrogens is 450 g/mol. The number of hydrogen-bond donors (Lipinski definition) is 0. The van der Waals surface area contributed by atoms with Crippen LogP contribution < -0.4 is 28.4 Å². The van der Waals surface area contributed by atoms with Gasteiger partial charge >= 0.3 is 5.97 Å². The van der Waals surface area contributed by atoms with Gasteiger partial charge in [0, 0.05) is 0 Å². The summed E-state index contributed by atoms with van der Waals surface area (Å²) in [5.74, 6) is 1.83. The highest BCUT2D eigenvalue weighted by molar-refractivity contribution is 5.93. The summed E-state index contributed by atoms with van der Waals surface area (Å²) in [6.07, 6.45) is 1.69. The molecular formula is C27H25NO7. The molecule has 3 aromatic rings. The van der Waals surface area contributed by atoms with Crippen LogP contribution in [0.1, 0.15) is 21.5 Å². The zero-order valence-corrected chi connectivity index (χ0v) is 20.1. The summed E-state index contributed by atoms with van der Waals surface area (Å²) in [5.41, 5.74) is 1.96. The second-order valence-corrected chi connectivity index (χ2v) is 7.12. The first-order valence-corrected chi connectivity index (χ1v) is 10.4. The summed E-state index contributed by atoms with van der Waals surface area (Å²) in [4.78, 5) is 12.8. The lowest BCUT2D eigenvalue weighted by Gasteiger charge is -2.13. The molecule has 3 rings (SSSR count). The molecule has 0 saturated carbocycles. The Bertz CT molecular complexity index is 1270.